The number of hydrogen-bond acceptors (Lipinski definition) is 4. The number of nitrogens with one attached hydrogen (secondary N) is 1. The number of imidazole rings is 1. The predicted octanol–water partition coefficient (Wildman–Crippen LogP) is 2.80. The van der Waals surface area contributed by atoms with Crippen molar-refractivity contribution >= 4 is 0 Å². The number of aromatic amines is 1. The molecular weight excluding hydrogens is 321 g/mol. The van der Waals surface area contributed by atoms with Crippen molar-refractivity contribution in [2.45, 2.75) is 32.0 Å². The Morgan fingerprint density at radius 2 is 1.92 bits per heavy atom. The molecule has 0 aliphatic rings. The van der Waals surface area contributed by atoms with Crippen LogP contribution in [-0.4, -0.2) is 36.4 Å². The Morgan fingerprint density at radius 1 is 1.12 bits per heavy atom. The van der Waals surface area contributed by atoms with Gasteiger partial charge in [-0.25, -0.2) is 4.98 Å². The van der Waals surface area contributed by atoms with Crippen LogP contribution in [-0.2, 0) is 19.4 Å². The Hall–Kier alpha value is -2.71. The molecule has 0 unspecified atom stereocenters. The molecule has 3 rings (SSSR count). The average molecular weight is 336 g/mol. The Bertz CT molecular complexity index is 761. The van der Waals surface area contributed by atoms with Gasteiger partial charge >= 0.3 is 6.18 Å². The summed E-state index contributed by atoms with van der Waals surface area (Å²) in [4.78, 5) is 4.30. The van der Waals surface area contributed by atoms with E-state index in [9.17, 15) is 13.2 Å². The second kappa shape index (κ2) is 6.81. The summed E-state index contributed by atoms with van der Waals surface area (Å²) >= 11 is 0. The fraction of sp³-hybridized carbons (Fsp3) is 0.333. The van der Waals surface area contributed by atoms with Crippen molar-refractivity contribution in [3.63, 3.8) is 0 Å². The first-order chi connectivity index (χ1) is 11.5. The third-order valence-electron chi connectivity index (χ3n) is 3.52. The van der Waals surface area contributed by atoms with Crippen LogP contribution < -0.4 is 0 Å². The monoisotopic (exact) mass is 336 g/mol. The second-order valence-corrected chi connectivity index (χ2v) is 5.36. The summed E-state index contributed by atoms with van der Waals surface area (Å²) in [6.07, 6.45) is -0.127. The van der Waals surface area contributed by atoms with Gasteiger partial charge < -0.3 is 4.57 Å². The van der Waals surface area contributed by atoms with E-state index in [4.69, 9.17) is 0 Å². The summed E-state index contributed by atoms with van der Waals surface area (Å²) in [5.41, 5.74) is 1.02. The van der Waals surface area contributed by atoms with Crippen LogP contribution in [0.5, 0.6) is 0 Å². The molecular formula is C15H15F3N6. The zero-order chi connectivity index (χ0) is 17.0. The molecule has 0 saturated heterocycles. The lowest BCUT2D eigenvalue weighted by Gasteiger charge is -2.09. The van der Waals surface area contributed by atoms with E-state index < -0.39 is 12.6 Å². The van der Waals surface area contributed by atoms with E-state index in [0.29, 0.717) is 18.8 Å². The van der Waals surface area contributed by atoms with E-state index in [1.807, 2.05) is 10.8 Å². The van der Waals surface area contributed by atoms with Crippen molar-refractivity contribution in [2.75, 3.05) is 0 Å². The zero-order valence-electron chi connectivity index (χ0n) is 12.7. The van der Waals surface area contributed by atoms with E-state index in [-0.39, 0.29) is 5.56 Å². The Kier molecular flexibility index (Phi) is 4.59. The molecule has 9 heteroatoms. The minimum Gasteiger partial charge on any atom is -0.331 e. The Balaban J connectivity index is 1.65. The van der Waals surface area contributed by atoms with Crippen molar-refractivity contribution in [1.82, 2.24) is 30.2 Å². The average Bonchev–Trinajstić information content (AvgIpc) is 3.18. The molecule has 0 radical (unpaired) electrons. The van der Waals surface area contributed by atoms with Gasteiger partial charge in [-0.05, 0) is 12.0 Å². The molecule has 2 heterocycles. The van der Waals surface area contributed by atoms with Gasteiger partial charge in [-0.2, -0.15) is 18.4 Å². The number of halogens is 3. The third kappa shape index (κ3) is 4.18. The lowest BCUT2D eigenvalue weighted by atomic mass is 10.1. The number of rotatable bonds is 6. The number of alkyl halides is 3. The molecule has 3 aromatic rings. The highest BCUT2D eigenvalue weighted by Crippen LogP contribution is 2.24. The normalized spacial score (nSPS) is 11.8. The molecule has 0 fully saturated rings. The van der Waals surface area contributed by atoms with Crippen molar-refractivity contribution in [3.8, 4) is 11.4 Å². The van der Waals surface area contributed by atoms with Gasteiger partial charge in [0.05, 0.1) is 6.42 Å². The van der Waals surface area contributed by atoms with Crippen molar-refractivity contribution < 1.29 is 13.2 Å². The molecule has 0 amide bonds. The number of aryl methyl sites for hydroxylation is 2. The van der Waals surface area contributed by atoms with Gasteiger partial charge in [0.1, 0.15) is 5.82 Å². The Labute approximate surface area is 135 Å². The SMILES string of the molecule is FC(F)(F)Cc1ccc(-c2nccn2CCCc2nn[nH]n2)cc1. The highest BCUT2D eigenvalue weighted by Gasteiger charge is 2.27. The van der Waals surface area contributed by atoms with Crippen molar-refractivity contribution in [1.29, 1.82) is 0 Å². The van der Waals surface area contributed by atoms with Gasteiger partial charge in [0, 0.05) is 30.9 Å². The van der Waals surface area contributed by atoms with Gasteiger partial charge in [-0.3, -0.25) is 0 Å². The standard InChI is InChI=1S/C15H15F3N6/c16-15(17,18)10-11-3-5-12(6-4-11)14-19-7-9-24(14)8-1-2-13-20-22-23-21-13/h3-7,9H,1-2,8,10H2,(H,20,21,22,23). The molecule has 0 saturated carbocycles. The topological polar surface area (TPSA) is 72.3 Å². The van der Waals surface area contributed by atoms with Crippen LogP contribution in [0.15, 0.2) is 36.7 Å². The van der Waals surface area contributed by atoms with E-state index in [1.165, 1.54) is 12.1 Å². The minimum absolute atomic E-state index is 0.237. The summed E-state index contributed by atoms with van der Waals surface area (Å²) < 4.78 is 39.2. The van der Waals surface area contributed by atoms with E-state index in [1.54, 1.807) is 18.3 Å². The smallest absolute Gasteiger partial charge is 0.331 e. The van der Waals surface area contributed by atoms with Crippen LogP contribution in [0.3, 0.4) is 0 Å². The number of aromatic nitrogens is 6. The van der Waals surface area contributed by atoms with Gasteiger partial charge in [0.2, 0.25) is 0 Å². The molecule has 0 spiro atoms. The van der Waals surface area contributed by atoms with Crippen molar-refractivity contribution in [2.24, 2.45) is 0 Å². The maximum atomic E-state index is 12.4. The predicted molar refractivity (Wildman–Crippen MR) is 79.9 cm³/mol. The molecule has 24 heavy (non-hydrogen) atoms. The summed E-state index contributed by atoms with van der Waals surface area (Å²) in [5, 5.41) is 13.7. The first-order valence-electron chi connectivity index (χ1n) is 7.41. The summed E-state index contributed by atoms with van der Waals surface area (Å²) in [7, 11) is 0. The van der Waals surface area contributed by atoms with Crippen LogP contribution in [0.4, 0.5) is 13.2 Å². The maximum absolute atomic E-state index is 12.4. The molecule has 0 aliphatic heterocycles. The van der Waals surface area contributed by atoms with Gasteiger partial charge in [0.15, 0.2) is 5.82 Å². The molecule has 1 aromatic carbocycles. The molecule has 0 bridgehead atoms. The summed E-state index contributed by atoms with van der Waals surface area (Å²) in [6.45, 7) is 0.703. The number of nitrogens with zero attached hydrogens (tertiary/aromatic N) is 5. The van der Waals surface area contributed by atoms with Gasteiger partial charge in [0.25, 0.3) is 0 Å². The molecule has 0 atom stereocenters. The first kappa shape index (κ1) is 16.2. The van der Waals surface area contributed by atoms with Gasteiger partial charge in [-0.15, -0.1) is 10.2 Å². The minimum atomic E-state index is -4.20. The maximum Gasteiger partial charge on any atom is 0.393 e. The highest BCUT2D eigenvalue weighted by molar-refractivity contribution is 5.56. The number of benzene rings is 1. The molecule has 1 N–H and O–H groups in total. The number of hydrogen-bond donors (Lipinski definition) is 1. The number of H-pyrrole nitrogens is 1. The quantitative estimate of drug-likeness (QED) is 0.751. The van der Waals surface area contributed by atoms with Crippen LogP contribution in [0.2, 0.25) is 0 Å². The van der Waals surface area contributed by atoms with Crippen LogP contribution in [0, 0.1) is 0 Å². The fourth-order valence-electron chi connectivity index (χ4n) is 2.45. The molecule has 2 aromatic heterocycles. The first-order valence-corrected chi connectivity index (χ1v) is 7.41. The molecule has 126 valence electrons. The number of tetrazole rings is 1. The van der Waals surface area contributed by atoms with Crippen LogP contribution in [0.25, 0.3) is 11.4 Å². The van der Waals surface area contributed by atoms with E-state index in [0.717, 1.165) is 17.8 Å². The lowest BCUT2D eigenvalue weighted by molar-refractivity contribution is -0.127. The third-order valence-corrected chi connectivity index (χ3v) is 3.52. The van der Waals surface area contributed by atoms with Crippen LogP contribution in [0.1, 0.15) is 17.8 Å². The largest absolute Gasteiger partial charge is 0.393 e. The highest BCUT2D eigenvalue weighted by atomic mass is 19.4. The van der Waals surface area contributed by atoms with Crippen molar-refractivity contribution in [3.05, 3.63) is 48.0 Å². The van der Waals surface area contributed by atoms with E-state index >= 15 is 0 Å². The lowest BCUT2D eigenvalue weighted by Crippen LogP contribution is -2.11. The molecule has 6 nitrogen and oxygen atoms in total. The fourth-order valence-corrected chi connectivity index (χ4v) is 2.45. The zero-order valence-corrected chi connectivity index (χ0v) is 12.7. The molecule has 0 aliphatic carbocycles. The Morgan fingerprint density at radius 3 is 2.58 bits per heavy atom. The summed E-state index contributed by atoms with van der Waals surface area (Å²) in [5.74, 6) is 1.37. The van der Waals surface area contributed by atoms with Gasteiger partial charge in [-0.1, -0.05) is 29.5 Å². The van der Waals surface area contributed by atoms with Crippen LogP contribution >= 0.6 is 0 Å². The second-order valence-electron chi connectivity index (χ2n) is 5.36. The van der Waals surface area contributed by atoms with E-state index in [2.05, 4.69) is 25.6 Å². The summed E-state index contributed by atoms with van der Waals surface area (Å²) in [6, 6.07) is 6.31.